The first kappa shape index (κ1) is 23.0. The molecule has 0 radical (unpaired) electrons. The maximum Gasteiger partial charge on any atom is 0.282 e. The van der Waals surface area contributed by atoms with Crippen molar-refractivity contribution in [2.75, 3.05) is 7.11 Å². The second kappa shape index (κ2) is 9.22. The van der Waals surface area contributed by atoms with Crippen LogP contribution in [0.3, 0.4) is 0 Å². The summed E-state index contributed by atoms with van der Waals surface area (Å²) in [5.74, 6) is 1.80. The van der Waals surface area contributed by atoms with Gasteiger partial charge in [-0.1, -0.05) is 49.7 Å². The van der Waals surface area contributed by atoms with Crippen LogP contribution in [0.4, 0.5) is 0 Å². The summed E-state index contributed by atoms with van der Waals surface area (Å²) in [6.07, 6.45) is 2.49. The molecule has 0 aliphatic rings. The van der Waals surface area contributed by atoms with Crippen molar-refractivity contribution in [3.8, 4) is 11.5 Å². The number of benzene rings is 2. The number of methoxy groups -OCH3 is 1. The lowest BCUT2D eigenvalue weighted by atomic mass is 9.95. The van der Waals surface area contributed by atoms with Gasteiger partial charge in [0.2, 0.25) is 0 Å². The first-order valence-electron chi connectivity index (χ1n) is 10.3. The number of rotatable bonds is 6. The van der Waals surface area contributed by atoms with Gasteiger partial charge in [0.25, 0.3) is 5.56 Å². The smallest absolute Gasteiger partial charge is 0.282 e. The molecule has 7 heteroatoms. The molecule has 0 saturated heterocycles. The van der Waals surface area contributed by atoms with E-state index in [1.807, 2.05) is 58.0 Å². The quantitative estimate of drug-likeness (QED) is 0.430. The van der Waals surface area contributed by atoms with Crippen LogP contribution >= 0.6 is 15.9 Å². The zero-order valence-corrected chi connectivity index (χ0v) is 20.4. The first-order valence-corrected chi connectivity index (χ1v) is 11.1. The Balaban J connectivity index is 2.20. The third kappa shape index (κ3) is 4.98. The van der Waals surface area contributed by atoms with Crippen LogP contribution in [0.15, 0.2) is 50.8 Å². The number of ether oxygens (including phenoxy) is 2. The van der Waals surface area contributed by atoms with Gasteiger partial charge in [0.05, 0.1) is 30.3 Å². The van der Waals surface area contributed by atoms with E-state index in [-0.39, 0.29) is 17.1 Å². The van der Waals surface area contributed by atoms with E-state index in [9.17, 15) is 4.79 Å². The van der Waals surface area contributed by atoms with E-state index in [2.05, 4.69) is 28.0 Å². The fourth-order valence-corrected chi connectivity index (χ4v) is 3.43. The molecule has 1 heterocycles. The number of nitrogens with zero attached hydrogens (tertiary/aromatic N) is 3. The summed E-state index contributed by atoms with van der Waals surface area (Å²) >= 11 is 3.44. The van der Waals surface area contributed by atoms with E-state index >= 15 is 0 Å². The molecule has 0 aliphatic carbocycles. The number of aromatic nitrogens is 2. The molecule has 0 amide bonds. The predicted molar refractivity (Wildman–Crippen MR) is 129 cm³/mol. The highest BCUT2D eigenvalue weighted by molar-refractivity contribution is 9.10. The maximum absolute atomic E-state index is 13.3. The van der Waals surface area contributed by atoms with Crippen molar-refractivity contribution in [2.24, 2.45) is 5.10 Å². The molecular formula is C24H28BrN3O3. The third-order valence-corrected chi connectivity index (χ3v) is 5.41. The van der Waals surface area contributed by atoms with Gasteiger partial charge >= 0.3 is 0 Å². The Labute approximate surface area is 191 Å². The highest BCUT2D eigenvalue weighted by Crippen LogP contribution is 2.31. The van der Waals surface area contributed by atoms with E-state index in [1.165, 1.54) is 4.68 Å². The van der Waals surface area contributed by atoms with Gasteiger partial charge in [-0.15, -0.1) is 0 Å². The monoisotopic (exact) mass is 485 g/mol. The van der Waals surface area contributed by atoms with Gasteiger partial charge in [-0.2, -0.15) is 9.78 Å². The summed E-state index contributed by atoms with van der Waals surface area (Å²) < 4.78 is 13.8. The zero-order chi connectivity index (χ0) is 22.8. The maximum atomic E-state index is 13.3. The summed E-state index contributed by atoms with van der Waals surface area (Å²) in [6, 6.07) is 11.1. The fourth-order valence-electron chi connectivity index (χ4n) is 3.07. The van der Waals surface area contributed by atoms with Gasteiger partial charge in [-0.3, -0.25) is 4.79 Å². The van der Waals surface area contributed by atoms with Crippen molar-refractivity contribution in [1.82, 2.24) is 9.66 Å². The van der Waals surface area contributed by atoms with Crippen LogP contribution in [-0.2, 0) is 5.41 Å². The molecule has 0 fully saturated rings. The SMILES string of the molecule is CC[C@H](C)Oc1c(C=Nn2c(C(C)(C)C)nc3ccc(Br)cc3c2=O)cccc1OC. The highest BCUT2D eigenvalue weighted by atomic mass is 79.9. The highest BCUT2D eigenvalue weighted by Gasteiger charge is 2.23. The minimum atomic E-state index is -0.387. The van der Waals surface area contributed by atoms with E-state index < -0.39 is 0 Å². The van der Waals surface area contributed by atoms with Crippen LogP contribution < -0.4 is 15.0 Å². The number of hydrogen-bond acceptors (Lipinski definition) is 5. The van der Waals surface area contributed by atoms with Crippen LogP contribution in [0.25, 0.3) is 10.9 Å². The van der Waals surface area contributed by atoms with Crippen LogP contribution in [0.2, 0.25) is 0 Å². The molecular weight excluding hydrogens is 458 g/mol. The molecule has 2 aromatic carbocycles. The number of fused-ring (bicyclic) bond motifs is 1. The molecule has 1 aromatic heterocycles. The van der Waals surface area contributed by atoms with Gasteiger partial charge in [0, 0.05) is 15.5 Å². The molecule has 6 nitrogen and oxygen atoms in total. The average Bonchev–Trinajstić information content (AvgIpc) is 2.73. The van der Waals surface area contributed by atoms with Gasteiger partial charge in [0.1, 0.15) is 5.82 Å². The Morgan fingerprint density at radius 3 is 2.65 bits per heavy atom. The molecule has 0 bridgehead atoms. The lowest BCUT2D eigenvalue weighted by Crippen LogP contribution is -2.29. The lowest BCUT2D eigenvalue weighted by Gasteiger charge is -2.21. The second-order valence-corrected chi connectivity index (χ2v) is 9.34. The number of halogens is 1. The minimum absolute atomic E-state index is 0.0102. The lowest BCUT2D eigenvalue weighted by molar-refractivity contribution is 0.207. The zero-order valence-electron chi connectivity index (χ0n) is 18.8. The second-order valence-electron chi connectivity index (χ2n) is 8.42. The minimum Gasteiger partial charge on any atom is -0.493 e. The largest absolute Gasteiger partial charge is 0.493 e. The number of para-hydroxylation sites is 1. The van der Waals surface area contributed by atoms with Crippen LogP contribution in [0.1, 0.15) is 52.4 Å². The fraction of sp³-hybridized carbons (Fsp3) is 0.375. The van der Waals surface area contributed by atoms with E-state index in [4.69, 9.17) is 14.5 Å². The predicted octanol–water partition coefficient (Wildman–Crippen LogP) is 5.52. The molecule has 164 valence electrons. The molecule has 0 N–H and O–H groups in total. The molecule has 3 aromatic rings. The molecule has 0 aliphatic heterocycles. The van der Waals surface area contributed by atoms with E-state index in [0.29, 0.717) is 28.2 Å². The van der Waals surface area contributed by atoms with Crippen molar-refractivity contribution in [3.63, 3.8) is 0 Å². The van der Waals surface area contributed by atoms with E-state index in [1.54, 1.807) is 19.4 Å². The molecule has 3 rings (SSSR count). The van der Waals surface area contributed by atoms with Crippen molar-refractivity contribution < 1.29 is 9.47 Å². The van der Waals surface area contributed by atoms with Crippen LogP contribution in [0.5, 0.6) is 11.5 Å². The van der Waals surface area contributed by atoms with Gasteiger partial charge < -0.3 is 9.47 Å². The van der Waals surface area contributed by atoms with Crippen LogP contribution in [-0.4, -0.2) is 29.1 Å². The summed E-state index contributed by atoms with van der Waals surface area (Å²) in [7, 11) is 1.60. The summed E-state index contributed by atoms with van der Waals surface area (Å²) in [5, 5.41) is 5.06. The van der Waals surface area contributed by atoms with Gasteiger partial charge in [-0.25, -0.2) is 4.98 Å². The Hall–Kier alpha value is -2.67. The molecule has 0 saturated carbocycles. The average molecular weight is 486 g/mol. The normalized spacial score (nSPS) is 13.0. The van der Waals surface area contributed by atoms with Crippen molar-refractivity contribution in [2.45, 2.75) is 52.6 Å². The van der Waals surface area contributed by atoms with Crippen molar-refractivity contribution >= 4 is 33.0 Å². The molecule has 0 spiro atoms. The van der Waals surface area contributed by atoms with Crippen molar-refractivity contribution in [1.29, 1.82) is 0 Å². The molecule has 1 atom stereocenters. The standard InChI is InChI=1S/C24H28BrN3O3/c1-7-15(2)31-21-16(9-8-10-20(21)30-6)14-26-28-22(29)18-13-17(25)11-12-19(18)27-23(28)24(3,4)5/h8-15H,7H2,1-6H3/t15-/m0/s1. The van der Waals surface area contributed by atoms with Crippen molar-refractivity contribution in [3.05, 3.63) is 62.6 Å². The van der Waals surface area contributed by atoms with E-state index in [0.717, 1.165) is 16.5 Å². The molecule has 31 heavy (non-hydrogen) atoms. The van der Waals surface area contributed by atoms with Gasteiger partial charge in [0.15, 0.2) is 11.5 Å². The Bertz CT molecular complexity index is 1180. The molecule has 0 unspecified atom stereocenters. The third-order valence-electron chi connectivity index (χ3n) is 4.91. The topological polar surface area (TPSA) is 65.7 Å². The first-order chi connectivity index (χ1) is 14.7. The Kier molecular flexibility index (Phi) is 6.84. The summed E-state index contributed by atoms with van der Waals surface area (Å²) in [5.41, 5.74) is 0.759. The summed E-state index contributed by atoms with van der Waals surface area (Å²) in [6.45, 7) is 10.1. The Morgan fingerprint density at radius 2 is 2.00 bits per heavy atom. The Morgan fingerprint density at radius 1 is 1.26 bits per heavy atom. The summed E-state index contributed by atoms with van der Waals surface area (Å²) in [4.78, 5) is 18.1. The van der Waals surface area contributed by atoms with Crippen LogP contribution in [0, 0.1) is 0 Å². The number of hydrogen-bond donors (Lipinski definition) is 0. The van der Waals surface area contributed by atoms with Gasteiger partial charge in [-0.05, 0) is 43.7 Å².